The summed E-state index contributed by atoms with van der Waals surface area (Å²) in [6, 6.07) is 29.1. The zero-order valence-electron chi connectivity index (χ0n) is 42.7. The number of fused-ring (bicyclic) bond motifs is 8. The number of anilines is 3. The van der Waals surface area contributed by atoms with E-state index in [0.29, 0.717) is 83.3 Å². The first-order chi connectivity index (χ1) is 36.2. The molecule has 10 rings (SSSR count). The van der Waals surface area contributed by atoms with Crippen LogP contribution in [0.4, 0.5) is 22.7 Å². The van der Waals surface area contributed by atoms with E-state index in [4.69, 9.17) is 33.5 Å². The van der Waals surface area contributed by atoms with Gasteiger partial charge in [-0.2, -0.15) is 0 Å². The lowest BCUT2D eigenvalue weighted by molar-refractivity contribution is -0.195. The molecule has 17 nitrogen and oxygen atoms in total. The largest absolute Gasteiger partial charge is 0.493 e. The van der Waals surface area contributed by atoms with E-state index in [0.717, 1.165) is 58.6 Å². The molecule has 1 N–H and O–H groups in total. The van der Waals surface area contributed by atoms with Crippen molar-refractivity contribution >= 4 is 70.3 Å². The SMILES string of the molecule is COc1cc2c(cc1OCc1cc(COc3cc4c(cc3OC)C(=O)N3c5ccccc5C[C@H]3CN4)cc(CN(C)CCCOCC(C)(C)SCC(=O)ON3C(=O)CCC3=O)c1)N=C[C@@H]1Cc3ccccc3N1C2=O. The normalized spacial score (nSPS) is 17.4. The summed E-state index contributed by atoms with van der Waals surface area (Å²) in [7, 11) is 5.17. The molecule has 0 saturated carbocycles. The number of carbonyl (C=O) groups excluding carboxylic acids is 5. The number of amides is 4. The van der Waals surface area contributed by atoms with Gasteiger partial charge in [-0.25, -0.2) is 4.79 Å². The molecular weight excluding hydrogens is 977 g/mol. The average molecular weight is 1040 g/mol. The Morgan fingerprint density at radius 3 is 2.07 bits per heavy atom. The number of hydrogen-bond donors (Lipinski definition) is 1. The maximum absolute atomic E-state index is 14.1. The van der Waals surface area contributed by atoms with Crippen molar-refractivity contribution in [3.63, 3.8) is 0 Å². The summed E-state index contributed by atoms with van der Waals surface area (Å²) in [4.78, 5) is 80.0. The minimum Gasteiger partial charge on any atom is -0.493 e. The number of thioether (sulfide) groups is 1. The Labute approximate surface area is 440 Å². The van der Waals surface area contributed by atoms with Gasteiger partial charge in [0.25, 0.3) is 23.6 Å². The molecule has 0 radical (unpaired) electrons. The van der Waals surface area contributed by atoms with Crippen LogP contribution in [-0.4, -0.2) is 116 Å². The fraction of sp³-hybridized carbons (Fsp3) is 0.368. The van der Waals surface area contributed by atoms with Gasteiger partial charge in [-0.05, 0) is 91.9 Å². The van der Waals surface area contributed by atoms with Crippen molar-refractivity contribution in [2.45, 2.75) is 82.5 Å². The Hall–Kier alpha value is -7.41. The Bertz CT molecular complexity index is 3070. The molecule has 0 unspecified atom stereocenters. The lowest BCUT2D eigenvalue weighted by Crippen LogP contribution is -2.39. The van der Waals surface area contributed by atoms with Crippen molar-refractivity contribution in [1.29, 1.82) is 0 Å². The molecule has 0 spiro atoms. The summed E-state index contributed by atoms with van der Waals surface area (Å²) >= 11 is 1.33. The van der Waals surface area contributed by atoms with Gasteiger partial charge in [-0.15, -0.1) is 16.8 Å². The lowest BCUT2D eigenvalue weighted by atomic mass is 10.1. The number of carbonyl (C=O) groups is 5. The standard InChI is InChI=1S/C57H60N6O11S/c1-57(2,75-33-54(66)74-63-52(64)15-16-53(63)65)34-71-18-10-17-60(3)30-35-19-36(31-72-50-26-44-42(24-48(50)69-4)55(67)61-40(28-58-44)22-38-11-6-8-13-46(38)61)21-37(20-35)32-73-51-27-45-43(25-49(51)70-5)56(68)62-41(29-59-45)23-39-12-7-9-14-47(39)62/h6-9,11-14,19-21,24-28,40-41,59H,10,15-18,22-23,29-34H2,1-5H3/t40-,41-/m0/s1. The number of hydroxylamine groups is 2. The molecule has 5 heterocycles. The van der Waals surface area contributed by atoms with E-state index in [1.165, 1.54) is 11.8 Å². The highest BCUT2D eigenvalue weighted by atomic mass is 32.2. The number of aliphatic imine (C=N–C) groups is 1. The Morgan fingerprint density at radius 2 is 1.37 bits per heavy atom. The van der Waals surface area contributed by atoms with Crippen LogP contribution < -0.4 is 34.1 Å². The Kier molecular flexibility index (Phi) is 14.9. The zero-order valence-corrected chi connectivity index (χ0v) is 43.5. The molecule has 5 aliphatic heterocycles. The van der Waals surface area contributed by atoms with Gasteiger partial charge in [-0.3, -0.25) is 29.1 Å². The highest BCUT2D eigenvalue weighted by Gasteiger charge is 2.39. The van der Waals surface area contributed by atoms with Crippen LogP contribution in [-0.2, 0) is 56.6 Å². The number of para-hydroxylation sites is 2. The van der Waals surface area contributed by atoms with Crippen LogP contribution in [0.2, 0.25) is 0 Å². The summed E-state index contributed by atoms with van der Waals surface area (Å²) in [5.41, 5.74) is 8.98. The van der Waals surface area contributed by atoms with E-state index in [1.54, 1.807) is 37.3 Å². The van der Waals surface area contributed by atoms with E-state index < -0.39 is 22.5 Å². The smallest absolute Gasteiger partial charge is 0.343 e. The first-order valence-corrected chi connectivity index (χ1v) is 26.1. The third-order valence-electron chi connectivity index (χ3n) is 13.9. The van der Waals surface area contributed by atoms with E-state index in [9.17, 15) is 24.0 Å². The maximum Gasteiger partial charge on any atom is 0.343 e. The maximum atomic E-state index is 14.1. The van der Waals surface area contributed by atoms with Crippen molar-refractivity contribution in [2.75, 3.05) is 68.4 Å². The number of rotatable bonds is 20. The van der Waals surface area contributed by atoms with E-state index in [-0.39, 0.29) is 55.7 Å². The highest BCUT2D eigenvalue weighted by molar-refractivity contribution is 8.01. The molecule has 75 heavy (non-hydrogen) atoms. The van der Waals surface area contributed by atoms with Crippen molar-refractivity contribution in [3.8, 4) is 23.0 Å². The summed E-state index contributed by atoms with van der Waals surface area (Å²) in [6.45, 7) is 7.05. The molecule has 1 saturated heterocycles. The Morgan fingerprint density at radius 1 is 0.760 bits per heavy atom. The fourth-order valence-corrected chi connectivity index (χ4v) is 11.0. The molecule has 2 atom stereocenters. The van der Waals surface area contributed by atoms with Crippen molar-refractivity contribution in [3.05, 3.63) is 130 Å². The average Bonchev–Trinajstić information content (AvgIpc) is 4.05. The number of nitrogens with zero attached hydrogens (tertiary/aromatic N) is 5. The van der Waals surface area contributed by atoms with Crippen LogP contribution in [0.1, 0.15) is 81.6 Å². The monoisotopic (exact) mass is 1040 g/mol. The molecule has 0 aliphatic carbocycles. The first kappa shape index (κ1) is 51.1. The summed E-state index contributed by atoms with van der Waals surface area (Å²) < 4.78 is 30.4. The van der Waals surface area contributed by atoms with E-state index >= 15 is 0 Å². The molecule has 1 fully saturated rings. The second kappa shape index (κ2) is 21.8. The van der Waals surface area contributed by atoms with Crippen LogP contribution in [0.25, 0.3) is 0 Å². The lowest BCUT2D eigenvalue weighted by Gasteiger charge is -2.24. The van der Waals surface area contributed by atoms with Crippen LogP contribution in [0.15, 0.2) is 96.0 Å². The second-order valence-electron chi connectivity index (χ2n) is 19.9. The van der Waals surface area contributed by atoms with E-state index in [2.05, 4.69) is 28.4 Å². The fourth-order valence-electron chi connectivity index (χ4n) is 10.2. The van der Waals surface area contributed by atoms with E-state index in [1.807, 2.05) is 86.6 Å². The van der Waals surface area contributed by atoms with Crippen LogP contribution in [0, 0.1) is 0 Å². The third-order valence-corrected chi connectivity index (χ3v) is 15.2. The van der Waals surface area contributed by atoms with Gasteiger partial charge in [0, 0.05) is 80.0 Å². The quantitative estimate of drug-likeness (QED) is 0.0584. The van der Waals surface area contributed by atoms with Crippen LogP contribution >= 0.6 is 11.8 Å². The number of nitrogens with one attached hydrogen (secondary N) is 1. The molecule has 0 bridgehead atoms. The molecule has 5 aromatic carbocycles. The van der Waals surface area contributed by atoms with Gasteiger partial charge in [0.2, 0.25) is 0 Å². The molecule has 4 amide bonds. The summed E-state index contributed by atoms with van der Waals surface area (Å²) in [5, 5.41) is 4.09. The molecular formula is C57H60N6O11S. The number of benzene rings is 5. The number of methoxy groups -OCH3 is 2. The molecule has 18 heteroatoms. The Balaban J connectivity index is 0.823. The molecule has 0 aromatic heterocycles. The van der Waals surface area contributed by atoms with Crippen molar-refractivity contribution in [1.82, 2.24) is 9.96 Å². The highest BCUT2D eigenvalue weighted by Crippen LogP contribution is 2.43. The number of ether oxygens (including phenoxy) is 5. The first-order valence-electron chi connectivity index (χ1n) is 25.1. The molecule has 5 aliphatic rings. The minimum absolute atomic E-state index is 0.0192. The van der Waals surface area contributed by atoms with Crippen molar-refractivity contribution < 1.29 is 52.5 Å². The van der Waals surface area contributed by atoms with Crippen LogP contribution in [0.5, 0.6) is 23.0 Å². The van der Waals surface area contributed by atoms with Gasteiger partial charge in [0.05, 0.1) is 61.2 Å². The topological polar surface area (TPSA) is 178 Å². The zero-order chi connectivity index (χ0) is 52.4. The summed E-state index contributed by atoms with van der Waals surface area (Å²) in [5.74, 6) is -0.158. The molecule has 5 aromatic rings. The second-order valence-corrected chi connectivity index (χ2v) is 21.6. The van der Waals surface area contributed by atoms with Gasteiger partial charge >= 0.3 is 5.97 Å². The van der Waals surface area contributed by atoms with Crippen LogP contribution in [0.3, 0.4) is 0 Å². The number of hydrogen-bond acceptors (Lipinski definition) is 15. The minimum atomic E-state index is -0.659. The van der Waals surface area contributed by atoms with Gasteiger partial charge < -0.3 is 43.6 Å². The van der Waals surface area contributed by atoms with Crippen molar-refractivity contribution in [2.24, 2.45) is 4.99 Å². The third kappa shape index (κ3) is 11.0. The summed E-state index contributed by atoms with van der Waals surface area (Å²) in [6.07, 6.45) is 4.12. The van der Waals surface area contributed by atoms with Gasteiger partial charge in [0.15, 0.2) is 23.0 Å². The van der Waals surface area contributed by atoms with Gasteiger partial charge in [-0.1, -0.05) is 48.5 Å². The predicted octanol–water partition coefficient (Wildman–Crippen LogP) is 8.10. The molecule has 390 valence electrons. The van der Waals surface area contributed by atoms with Gasteiger partial charge in [0.1, 0.15) is 13.2 Å². The number of imide groups is 1. The predicted molar refractivity (Wildman–Crippen MR) is 285 cm³/mol.